The Hall–Kier alpha value is -2.32. The first-order valence-corrected chi connectivity index (χ1v) is 16.7. The summed E-state index contributed by atoms with van der Waals surface area (Å²) in [7, 11) is 0. The topological polar surface area (TPSA) is 123 Å². The van der Waals surface area contributed by atoms with Crippen molar-refractivity contribution >= 4 is 23.4 Å². The highest BCUT2D eigenvalue weighted by atomic mass is 35.5. The van der Waals surface area contributed by atoms with Crippen LogP contribution in [-0.2, 0) is 15.9 Å². The van der Waals surface area contributed by atoms with Crippen LogP contribution in [0.3, 0.4) is 0 Å². The Morgan fingerprint density at radius 1 is 1.00 bits per heavy atom. The smallest absolute Gasteiger partial charge is 0.129 e. The molecule has 6 N–H and O–H groups in total. The predicted octanol–water partition coefficient (Wildman–Crippen LogP) is 3.94. The molecule has 3 heterocycles. The predicted molar refractivity (Wildman–Crippen MR) is 169 cm³/mol. The average Bonchev–Trinajstić information content (AvgIpc) is 3.01. The molecule has 0 aromatic heterocycles. The maximum atomic E-state index is 14.3. The van der Waals surface area contributed by atoms with E-state index in [1.807, 2.05) is 36.6 Å². The lowest BCUT2D eigenvalue weighted by Crippen LogP contribution is -2.61. The molecule has 0 spiro atoms. The van der Waals surface area contributed by atoms with E-state index in [1.54, 1.807) is 12.1 Å². The van der Waals surface area contributed by atoms with Crippen LogP contribution in [-0.4, -0.2) is 82.9 Å². The lowest BCUT2D eigenvalue weighted by atomic mass is 9.91. The van der Waals surface area contributed by atoms with E-state index in [2.05, 4.69) is 4.90 Å². The van der Waals surface area contributed by atoms with Gasteiger partial charge in [-0.1, -0.05) is 35.9 Å². The molecule has 0 unspecified atom stereocenters. The first-order chi connectivity index (χ1) is 21.6. The van der Waals surface area contributed by atoms with Gasteiger partial charge in [0.1, 0.15) is 53.3 Å². The molecule has 3 aromatic rings. The van der Waals surface area contributed by atoms with Crippen molar-refractivity contribution < 1.29 is 33.2 Å². The van der Waals surface area contributed by atoms with Crippen LogP contribution in [0.1, 0.15) is 40.9 Å². The van der Waals surface area contributed by atoms with E-state index in [-0.39, 0.29) is 17.7 Å². The summed E-state index contributed by atoms with van der Waals surface area (Å²) in [5.74, 6) is -0.269. The van der Waals surface area contributed by atoms with Crippen LogP contribution < -0.4 is 16.2 Å². The number of thioether (sulfide) groups is 1. The molecule has 12 heteroatoms. The number of hydrogen-bond donors (Lipinski definition) is 4. The number of rotatable bonds is 8. The van der Waals surface area contributed by atoms with Crippen molar-refractivity contribution in [3.8, 4) is 5.75 Å². The number of aliphatic hydroxyl groups excluding tert-OH is 2. The van der Waals surface area contributed by atoms with Crippen LogP contribution >= 0.6 is 23.4 Å². The van der Waals surface area contributed by atoms with E-state index in [9.17, 15) is 19.0 Å². The van der Waals surface area contributed by atoms with Crippen LogP contribution in [0.2, 0.25) is 5.02 Å². The van der Waals surface area contributed by atoms with E-state index in [4.69, 9.17) is 37.3 Å². The summed E-state index contributed by atoms with van der Waals surface area (Å²) in [6.45, 7) is 1.82. The Morgan fingerprint density at radius 3 is 2.47 bits per heavy atom. The Kier molecular flexibility index (Phi) is 10.0. The Balaban J connectivity index is 1.01. The van der Waals surface area contributed by atoms with E-state index in [0.29, 0.717) is 24.5 Å². The molecule has 6 rings (SSSR count). The van der Waals surface area contributed by atoms with Crippen molar-refractivity contribution in [2.75, 3.05) is 26.0 Å². The van der Waals surface area contributed by atoms with E-state index in [0.717, 1.165) is 53.7 Å². The number of ether oxygens (including phenoxy) is 3. The van der Waals surface area contributed by atoms with Crippen molar-refractivity contribution in [3.63, 3.8) is 0 Å². The Bertz CT molecular complexity index is 1480. The Labute approximate surface area is 270 Å². The molecule has 0 aliphatic carbocycles. The molecule has 3 aliphatic rings. The van der Waals surface area contributed by atoms with Gasteiger partial charge in [-0.05, 0) is 72.2 Å². The van der Waals surface area contributed by atoms with Crippen molar-refractivity contribution in [2.45, 2.75) is 66.9 Å². The van der Waals surface area contributed by atoms with Gasteiger partial charge < -0.3 is 35.9 Å². The molecule has 242 valence electrons. The second kappa shape index (κ2) is 13.8. The normalized spacial score (nSPS) is 31.0. The van der Waals surface area contributed by atoms with Crippen molar-refractivity contribution in [3.05, 3.63) is 99.6 Å². The molecule has 45 heavy (non-hydrogen) atoms. The van der Waals surface area contributed by atoms with Gasteiger partial charge >= 0.3 is 0 Å². The third-order valence-corrected chi connectivity index (χ3v) is 10.2. The molecule has 8 atom stereocenters. The van der Waals surface area contributed by atoms with Gasteiger partial charge in [-0.3, -0.25) is 4.90 Å². The van der Waals surface area contributed by atoms with Gasteiger partial charge in [0.2, 0.25) is 0 Å². The highest BCUT2D eigenvalue weighted by Gasteiger charge is 2.43. The summed E-state index contributed by atoms with van der Waals surface area (Å²) >= 11 is 7.94. The van der Waals surface area contributed by atoms with Crippen molar-refractivity contribution in [1.82, 2.24) is 4.90 Å². The summed E-state index contributed by atoms with van der Waals surface area (Å²) in [5, 5.41) is 21.7. The number of likely N-dealkylation sites (tertiary alicyclic amines) is 1. The number of halogens is 3. The minimum Gasteiger partial charge on any atom is -0.488 e. The zero-order valence-electron chi connectivity index (χ0n) is 24.8. The summed E-state index contributed by atoms with van der Waals surface area (Å²) in [4.78, 5) is 2.24. The van der Waals surface area contributed by atoms with Crippen LogP contribution in [0.4, 0.5) is 8.78 Å². The molecule has 3 saturated heterocycles. The second-order valence-corrected chi connectivity index (χ2v) is 13.4. The van der Waals surface area contributed by atoms with Crippen molar-refractivity contribution in [2.24, 2.45) is 11.5 Å². The number of nitrogens with two attached hydrogens (primary N) is 2. The molecule has 0 bridgehead atoms. The molecule has 0 amide bonds. The van der Waals surface area contributed by atoms with Gasteiger partial charge in [0.25, 0.3) is 0 Å². The molecule has 0 radical (unpaired) electrons. The zero-order chi connectivity index (χ0) is 31.8. The van der Waals surface area contributed by atoms with Crippen LogP contribution in [0.5, 0.6) is 5.75 Å². The number of hydrogen-bond acceptors (Lipinski definition) is 9. The first kappa shape index (κ1) is 32.6. The summed E-state index contributed by atoms with van der Waals surface area (Å²) in [5.41, 5.74) is 14.7. The molecule has 0 saturated carbocycles. The van der Waals surface area contributed by atoms with Gasteiger partial charge in [-0.15, -0.1) is 11.8 Å². The Morgan fingerprint density at radius 2 is 1.76 bits per heavy atom. The second-order valence-electron chi connectivity index (χ2n) is 12.1. The number of aliphatic hydroxyl groups is 2. The molecule has 3 aliphatic heterocycles. The monoisotopic (exact) mass is 661 g/mol. The number of benzene rings is 3. The van der Waals surface area contributed by atoms with Gasteiger partial charge in [0, 0.05) is 35.8 Å². The highest BCUT2D eigenvalue weighted by molar-refractivity contribution is 7.99. The lowest BCUT2D eigenvalue weighted by Gasteiger charge is -2.47. The lowest BCUT2D eigenvalue weighted by molar-refractivity contribution is -0.156. The molecular formula is C33H38ClF2N3O5S. The van der Waals surface area contributed by atoms with Gasteiger partial charge in [-0.2, -0.15) is 0 Å². The van der Waals surface area contributed by atoms with Gasteiger partial charge in [0.05, 0.1) is 12.6 Å². The minimum absolute atomic E-state index is 0.0205. The standard InChI is InChI=1S/C33H38ClF2N3O5S/c1-45-33-28(38)29(40)30(41)31(44-33)18-4-8-25(34)19(11-18)10-17-2-6-22(7-3-17)43-23-14-39(15-23)21-13-27(37)32(42-16-21)24-12-20(35)5-9-26(24)36/h2-9,11-12,21,23,27-33,40-41H,10,13-16,37-38H2,1H3/t21-,27-,28-,29-,30+,31-,32+,33+/m0/s1. The van der Waals surface area contributed by atoms with Crippen LogP contribution in [0.15, 0.2) is 60.7 Å². The average molecular weight is 662 g/mol. The zero-order valence-corrected chi connectivity index (χ0v) is 26.3. The minimum atomic E-state index is -1.15. The summed E-state index contributed by atoms with van der Waals surface area (Å²) < 4.78 is 46.1. The fraction of sp³-hybridized carbons (Fsp3) is 0.455. The number of nitrogens with zero attached hydrogens (tertiary/aromatic N) is 1. The van der Waals surface area contributed by atoms with Crippen LogP contribution in [0.25, 0.3) is 0 Å². The van der Waals surface area contributed by atoms with Gasteiger partial charge in [-0.25, -0.2) is 8.78 Å². The highest BCUT2D eigenvalue weighted by Crippen LogP contribution is 2.37. The quantitative estimate of drug-likeness (QED) is 0.284. The molecular weight excluding hydrogens is 624 g/mol. The third kappa shape index (κ3) is 7.02. The molecule has 8 nitrogen and oxygen atoms in total. The summed E-state index contributed by atoms with van der Waals surface area (Å²) in [6.07, 6.45) is -0.604. The van der Waals surface area contributed by atoms with E-state index in [1.165, 1.54) is 11.8 Å². The van der Waals surface area contributed by atoms with E-state index < -0.39 is 53.6 Å². The van der Waals surface area contributed by atoms with E-state index >= 15 is 0 Å². The molecule has 3 fully saturated rings. The fourth-order valence-electron chi connectivity index (χ4n) is 6.37. The first-order valence-electron chi connectivity index (χ1n) is 15.0. The van der Waals surface area contributed by atoms with Crippen LogP contribution in [0, 0.1) is 11.6 Å². The SMILES string of the molecule is CS[C@H]1O[C@@H](c2ccc(Cl)c(Cc3ccc(OC4CN([C@@H]5CO[C@H](c6cc(F)ccc6F)[C@@H](N)C5)C4)cc3)c2)[C@H](O)[C@@H](O)[C@@H]1N. The molecule has 3 aromatic carbocycles. The van der Waals surface area contributed by atoms with Gasteiger partial charge in [0.15, 0.2) is 0 Å². The largest absolute Gasteiger partial charge is 0.488 e. The maximum Gasteiger partial charge on any atom is 0.129 e. The fourth-order valence-corrected chi connectivity index (χ4v) is 7.26. The summed E-state index contributed by atoms with van der Waals surface area (Å²) in [6, 6.07) is 15.6. The maximum absolute atomic E-state index is 14.3. The van der Waals surface area contributed by atoms with Crippen molar-refractivity contribution in [1.29, 1.82) is 0 Å². The third-order valence-electron chi connectivity index (χ3n) is 8.96.